The van der Waals surface area contributed by atoms with Crippen molar-refractivity contribution in [2.75, 3.05) is 0 Å². The van der Waals surface area contributed by atoms with Crippen molar-refractivity contribution in [3.63, 3.8) is 0 Å². The van der Waals surface area contributed by atoms with E-state index in [-0.39, 0.29) is 0 Å². The first kappa shape index (κ1) is 11.5. The molecule has 2 rings (SSSR count). The molecule has 0 bridgehead atoms. The van der Waals surface area contributed by atoms with Gasteiger partial charge in [-0.1, -0.05) is 27.5 Å². The Balaban J connectivity index is 2.41. The van der Waals surface area contributed by atoms with Gasteiger partial charge in [-0.25, -0.2) is 0 Å². The molecular weight excluding hydrogens is 291 g/mol. The molecule has 0 saturated carbocycles. The van der Waals surface area contributed by atoms with Crippen molar-refractivity contribution >= 4 is 27.5 Å². The molecule has 16 heavy (non-hydrogen) atoms. The Morgan fingerprint density at radius 1 is 1.31 bits per heavy atom. The number of halogens is 2. The summed E-state index contributed by atoms with van der Waals surface area (Å²) in [5, 5.41) is 10.6. The van der Waals surface area contributed by atoms with Crippen molar-refractivity contribution in [2.45, 2.75) is 6.10 Å². The molecule has 0 amide bonds. The van der Waals surface area contributed by atoms with E-state index < -0.39 is 6.10 Å². The Bertz CT molecular complexity index is 493. The molecule has 0 aliphatic carbocycles. The van der Waals surface area contributed by atoms with Crippen LogP contribution in [0.5, 0.6) is 0 Å². The minimum absolute atomic E-state index is 0.475. The average molecular weight is 300 g/mol. The summed E-state index contributed by atoms with van der Waals surface area (Å²) in [6.07, 6.45) is 3.74. The van der Waals surface area contributed by atoms with Crippen molar-refractivity contribution in [3.8, 4) is 0 Å². The Kier molecular flexibility index (Phi) is 3.53. The van der Waals surface area contributed by atoms with Gasteiger partial charge in [0.25, 0.3) is 0 Å². The van der Waals surface area contributed by atoms with Crippen LogP contribution in [0, 0.1) is 0 Å². The first-order valence-corrected chi connectivity index (χ1v) is 5.74. The number of benzene rings is 1. The lowest BCUT2D eigenvalue weighted by Gasteiger charge is -2.11. The van der Waals surface area contributed by atoms with Gasteiger partial charge < -0.3 is 5.11 Å². The van der Waals surface area contributed by atoms with Crippen molar-refractivity contribution in [2.24, 2.45) is 0 Å². The molecule has 1 aromatic heterocycles. The summed E-state index contributed by atoms with van der Waals surface area (Å²) in [4.78, 5) is 7.95. The molecule has 0 fully saturated rings. The molecule has 0 radical (unpaired) electrons. The molecule has 82 valence electrons. The van der Waals surface area contributed by atoms with E-state index in [1.807, 2.05) is 6.07 Å². The number of aromatic nitrogens is 2. The largest absolute Gasteiger partial charge is 0.382 e. The van der Waals surface area contributed by atoms with E-state index in [0.717, 1.165) is 4.47 Å². The zero-order chi connectivity index (χ0) is 11.5. The van der Waals surface area contributed by atoms with Crippen LogP contribution in [0.3, 0.4) is 0 Å². The molecule has 1 aromatic carbocycles. The summed E-state index contributed by atoms with van der Waals surface area (Å²) in [5.74, 6) is 0. The van der Waals surface area contributed by atoms with Crippen molar-refractivity contribution < 1.29 is 5.11 Å². The van der Waals surface area contributed by atoms with E-state index in [2.05, 4.69) is 25.9 Å². The van der Waals surface area contributed by atoms with E-state index in [1.54, 1.807) is 18.3 Å². The third-order valence-electron chi connectivity index (χ3n) is 2.12. The molecular formula is C11H8BrClN2O. The molecule has 0 aliphatic rings. The van der Waals surface area contributed by atoms with E-state index in [4.69, 9.17) is 11.6 Å². The molecule has 1 atom stereocenters. The Morgan fingerprint density at radius 3 is 2.81 bits per heavy atom. The highest BCUT2D eigenvalue weighted by atomic mass is 79.9. The summed E-state index contributed by atoms with van der Waals surface area (Å²) < 4.78 is 0.856. The summed E-state index contributed by atoms with van der Waals surface area (Å²) in [5.41, 5.74) is 1.08. The van der Waals surface area contributed by atoms with Crippen LogP contribution in [0.1, 0.15) is 17.4 Å². The van der Waals surface area contributed by atoms with E-state index in [1.165, 1.54) is 12.4 Å². The number of hydrogen-bond donors (Lipinski definition) is 1. The molecule has 0 aliphatic heterocycles. The second kappa shape index (κ2) is 4.91. The quantitative estimate of drug-likeness (QED) is 0.927. The zero-order valence-electron chi connectivity index (χ0n) is 8.14. The third kappa shape index (κ3) is 2.40. The molecule has 1 N–H and O–H groups in total. The predicted octanol–water partition coefficient (Wildman–Crippen LogP) is 2.97. The van der Waals surface area contributed by atoms with Crippen LogP contribution >= 0.6 is 27.5 Å². The van der Waals surface area contributed by atoms with Crippen LogP contribution in [0.25, 0.3) is 0 Å². The van der Waals surface area contributed by atoms with Crippen molar-refractivity contribution in [3.05, 3.63) is 57.5 Å². The normalized spacial score (nSPS) is 12.4. The van der Waals surface area contributed by atoms with Crippen LogP contribution in [-0.4, -0.2) is 15.1 Å². The summed E-state index contributed by atoms with van der Waals surface area (Å²) in [6.45, 7) is 0. The number of aliphatic hydroxyl groups excluding tert-OH is 1. The van der Waals surface area contributed by atoms with Gasteiger partial charge in [0.2, 0.25) is 0 Å². The Morgan fingerprint density at radius 2 is 2.12 bits per heavy atom. The molecule has 0 saturated heterocycles. The van der Waals surface area contributed by atoms with E-state index >= 15 is 0 Å². The SMILES string of the molecule is OC(c1cnccn1)c1cc(Br)ccc1Cl. The maximum atomic E-state index is 10.1. The third-order valence-corrected chi connectivity index (χ3v) is 2.95. The molecule has 3 nitrogen and oxygen atoms in total. The Hall–Kier alpha value is -0.970. The van der Waals surface area contributed by atoms with Crippen LogP contribution < -0.4 is 0 Å². The summed E-state index contributed by atoms with van der Waals surface area (Å²) in [7, 11) is 0. The number of hydrogen-bond acceptors (Lipinski definition) is 3. The Labute approximate surface area is 106 Å². The minimum Gasteiger partial charge on any atom is -0.382 e. The van der Waals surface area contributed by atoms with Crippen molar-refractivity contribution in [1.29, 1.82) is 0 Å². The van der Waals surface area contributed by atoms with Gasteiger partial charge in [-0.05, 0) is 18.2 Å². The fourth-order valence-corrected chi connectivity index (χ4v) is 1.93. The molecule has 1 heterocycles. The predicted molar refractivity (Wildman–Crippen MR) is 65.2 cm³/mol. The maximum Gasteiger partial charge on any atom is 0.124 e. The highest BCUT2D eigenvalue weighted by Crippen LogP contribution is 2.29. The van der Waals surface area contributed by atoms with Crippen LogP contribution in [0.15, 0.2) is 41.3 Å². The number of rotatable bonds is 2. The monoisotopic (exact) mass is 298 g/mol. The van der Waals surface area contributed by atoms with Gasteiger partial charge in [0.1, 0.15) is 6.10 Å². The van der Waals surface area contributed by atoms with Crippen LogP contribution in [0.2, 0.25) is 5.02 Å². The van der Waals surface area contributed by atoms with Gasteiger partial charge >= 0.3 is 0 Å². The highest BCUT2D eigenvalue weighted by molar-refractivity contribution is 9.10. The lowest BCUT2D eigenvalue weighted by Crippen LogP contribution is -2.03. The van der Waals surface area contributed by atoms with Gasteiger partial charge in [0, 0.05) is 27.5 Å². The van der Waals surface area contributed by atoms with Crippen molar-refractivity contribution in [1.82, 2.24) is 9.97 Å². The average Bonchev–Trinajstić information content (AvgIpc) is 2.32. The number of aliphatic hydroxyl groups is 1. The summed E-state index contributed by atoms with van der Waals surface area (Å²) >= 11 is 9.34. The second-order valence-electron chi connectivity index (χ2n) is 3.20. The van der Waals surface area contributed by atoms with Gasteiger partial charge in [0.05, 0.1) is 11.9 Å². The molecule has 1 unspecified atom stereocenters. The topological polar surface area (TPSA) is 46.0 Å². The van der Waals surface area contributed by atoms with Gasteiger partial charge in [-0.2, -0.15) is 0 Å². The van der Waals surface area contributed by atoms with Gasteiger partial charge in [-0.3, -0.25) is 9.97 Å². The first-order valence-electron chi connectivity index (χ1n) is 4.57. The van der Waals surface area contributed by atoms with Gasteiger partial charge in [-0.15, -0.1) is 0 Å². The highest BCUT2D eigenvalue weighted by Gasteiger charge is 2.15. The first-order chi connectivity index (χ1) is 7.68. The lowest BCUT2D eigenvalue weighted by molar-refractivity contribution is 0.215. The summed E-state index contributed by atoms with van der Waals surface area (Å²) in [6, 6.07) is 5.30. The molecule has 5 heteroatoms. The second-order valence-corrected chi connectivity index (χ2v) is 4.52. The van der Waals surface area contributed by atoms with E-state index in [9.17, 15) is 5.11 Å². The number of nitrogens with zero attached hydrogens (tertiary/aromatic N) is 2. The fourth-order valence-electron chi connectivity index (χ4n) is 1.34. The zero-order valence-corrected chi connectivity index (χ0v) is 10.5. The lowest BCUT2D eigenvalue weighted by atomic mass is 10.1. The van der Waals surface area contributed by atoms with E-state index in [0.29, 0.717) is 16.3 Å². The van der Waals surface area contributed by atoms with Crippen LogP contribution in [0.4, 0.5) is 0 Å². The smallest absolute Gasteiger partial charge is 0.124 e. The van der Waals surface area contributed by atoms with Crippen LogP contribution in [-0.2, 0) is 0 Å². The van der Waals surface area contributed by atoms with Gasteiger partial charge in [0.15, 0.2) is 0 Å². The standard InChI is InChI=1S/C11H8BrClN2O/c12-7-1-2-9(13)8(5-7)11(16)10-6-14-3-4-15-10/h1-6,11,16H. The fraction of sp³-hybridized carbons (Fsp3) is 0.0909. The molecule has 0 spiro atoms. The minimum atomic E-state index is -0.862. The molecule has 2 aromatic rings. The maximum absolute atomic E-state index is 10.1.